The zero-order chi connectivity index (χ0) is 5.98. The zero-order valence-corrected chi connectivity index (χ0v) is 4.81. The Bertz CT molecular complexity index is 127. The van der Waals surface area contributed by atoms with Crippen LogP contribution in [0.2, 0.25) is 0 Å². The topological polar surface area (TPSA) is 34.4 Å². The van der Waals surface area contributed by atoms with E-state index in [4.69, 9.17) is 4.42 Å². The Kier molecular flexibility index (Phi) is 1.33. The molecular formula is C6H8O2. The van der Waals surface area contributed by atoms with Crippen molar-refractivity contribution in [2.75, 3.05) is 0 Å². The van der Waals surface area contributed by atoms with Crippen LogP contribution in [-0.4, -0.2) is 5.78 Å². The number of rotatable bonds is 0. The smallest absolute Gasteiger partial charge is 0.306 e. The van der Waals surface area contributed by atoms with E-state index in [2.05, 4.69) is 0 Å². The van der Waals surface area contributed by atoms with Crippen LogP contribution in [0.15, 0.2) is 12.0 Å². The monoisotopic (exact) mass is 112 g/mol. The highest BCUT2D eigenvalue weighted by Crippen LogP contribution is 2.02. The van der Waals surface area contributed by atoms with E-state index in [1.165, 1.54) is 6.26 Å². The third kappa shape index (κ3) is 1.09. The van der Waals surface area contributed by atoms with Gasteiger partial charge < -0.3 is 5.11 Å². The van der Waals surface area contributed by atoms with Crippen LogP contribution in [-0.2, 0) is 4.42 Å². The van der Waals surface area contributed by atoms with Crippen molar-refractivity contribution in [2.45, 2.75) is 19.8 Å². The quantitative estimate of drug-likeness (QED) is 0.409. The van der Waals surface area contributed by atoms with Crippen molar-refractivity contribution in [1.29, 1.82) is 0 Å². The van der Waals surface area contributed by atoms with Crippen molar-refractivity contribution >= 4 is 5.78 Å². The Hall–Kier alpha value is -0.790. The molecule has 0 aliphatic carbocycles. The maximum absolute atomic E-state index is 10.4. The van der Waals surface area contributed by atoms with Crippen molar-refractivity contribution in [3.8, 4) is 0 Å². The molecule has 0 bridgehead atoms. The summed E-state index contributed by atoms with van der Waals surface area (Å²) >= 11 is 0. The Morgan fingerprint density at radius 3 is 2.75 bits per heavy atom. The minimum Gasteiger partial charge on any atom is -0.870 e. The van der Waals surface area contributed by atoms with Crippen molar-refractivity contribution in [2.24, 2.45) is 0 Å². The second-order valence-corrected chi connectivity index (χ2v) is 1.90. The second kappa shape index (κ2) is 1.99. The van der Waals surface area contributed by atoms with Crippen LogP contribution in [0.4, 0.5) is 0 Å². The standard InChI is InChI=1S/C6H8O2/c1-5-2-3-6(7)4-8-5/h4H,2-3H2,1H3. The Morgan fingerprint density at radius 1 is 1.62 bits per heavy atom. The third-order valence-electron chi connectivity index (χ3n) is 1.12. The van der Waals surface area contributed by atoms with E-state index in [1.807, 2.05) is 6.92 Å². The average molecular weight is 112 g/mol. The molecule has 0 saturated carbocycles. The zero-order valence-electron chi connectivity index (χ0n) is 4.81. The van der Waals surface area contributed by atoms with Gasteiger partial charge in [0.05, 0.1) is 6.42 Å². The maximum atomic E-state index is 10.4. The van der Waals surface area contributed by atoms with Gasteiger partial charge in [0, 0.05) is 6.92 Å². The van der Waals surface area contributed by atoms with Crippen LogP contribution < -0.4 is 5.11 Å². The highest BCUT2D eigenvalue weighted by atomic mass is 16.4. The summed E-state index contributed by atoms with van der Waals surface area (Å²) in [4.78, 5) is 0. The molecule has 0 radical (unpaired) electrons. The van der Waals surface area contributed by atoms with Crippen LogP contribution in [0.5, 0.6) is 0 Å². The first kappa shape index (κ1) is 5.35. The summed E-state index contributed by atoms with van der Waals surface area (Å²) < 4.78 is 4.83. The van der Waals surface area contributed by atoms with E-state index < -0.39 is 0 Å². The largest absolute Gasteiger partial charge is 0.870 e. The Labute approximate surface area is 48.1 Å². The number of hydrogen-bond donors (Lipinski definition) is 0. The van der Waals surface area contributed by atoms with Crippen molar-refractivity contribution in [3.63, 3.8) is 0 Å². The first-order valence-corrected chi connectivity index (χ1v) is 2.64. The van der Waals surface area contributed by atoms with Gasteiger partial charge in [-0.15, -0.1) is 0 Å². The summed E-state index contributed by atoms with van der Waals surface area (Å²) in [7, 11) is 0. The molecule has 0 spiro atoms. The molecule has 1 aliphatic heterocycles. The normalized spacial score (nSPS) is 19.6. The van der Waals surface area contributed by atoms with Gasteiger partial charge in [-0.2, -0.15) is 0 Å². The number of hydrogen-bond acceptors (Lipinski definition) is 1. The van der Waals surface area contributed by atoms with E-state index in [1.54, 1.807) is 0 Å². The summed E-state index contributed by atoms with van der Waals surface area (Å²) in [6, 6.07) is 0. The molecular weight excluding hydrogens is 104 g/mol. The summed E-state index contributed by atoms with van der Waals surface area (Å²) in [5, 5.41) is 10.4. The highest BCUT2D eigenvalue weighted by molar-refractivity contribution is 5.76. The number of ketones is 1. The molecule has 0 unspecified atom stereocenters. The van der Waals surface area contributed by atoms with Gasteiger partial charge in [0.15, 0.2) is 0 Å². The molecule has 44 valence electrons. The van der Waals surface area contributed by atoms with Crippen molar-refractivity contribution in [3.05, 3.63) is 12.0 Å². The van der Waals surface area contributed by atoms with Gasteiger partial charge in [-0.05, 0) is 12.2 Å². The molecule has 1 rings (SSSR count). The molecule has 1 heterocycles. The summed E-state index contributed by atoms with van der Waals surface area (Å²) in [5.41, 5.74) is 0. The highest BCUT2D eigenvalue weighted by Gasteiger charge is 2.07. The second-order valence-electron chi connectivity index (χ2n) is 1.90. The van der Waals surface area contributed by atoms with E-state index in [0.29, 0.717) is 6.42 Å². The van der Waals surface area contributed by atoms with Gasteiger partial charge >= 0.3 is 12.0 Å². The molecule has 8 heavy (non-hydrogen) atoms. The maximum Gasteiger partial charge on any atom is 0.306 e. The molecule has 0 amide bonds. The van der Waals surface area contributed by atoms with Crippen LogP contribution in [0, 0.1) is 0 Å². The Morgan fingerprint density at radius 2 is 2.38 bits per heavy atom. The number of allylic oxidation sites excluding steroid dienone is 1. The van der Waals surface area contributed by atoms with Crippen LogP contribution in [0.3, 0.4) is 0 Å². The van der Waals surface area contributed by atoms with Gasteiger partial charge in [0.1, 0.15) is 0 Å². The average Bonchev–Trinajstić information content (AvgIpc) is 1.77. The van der Waals surface area contributed by atoms with Gasteiger partial charge in [0.25, 0.3) is 0 Å². The van der Waals surface area contributed by atoms with Crippen LogP contribution in [0.1, 0.15) is 19.8 Å². The van der Waals surface area contributed by atoms with Gasteiger partial charge in [0.2, 0.25) is 0 Å². The lowest BCUT2D eigenvalue weighted by Gasteiger charge is -2.04. The lowest BCUT2D eigenvalue weighted by molar-refractivity contribution is -0.405. The molecule has 2 heteroatoms. The fourth-order valence-electron chi connectivity index (χ4n) is 0.583. The van der Waals surface area contributed by atoms with E-state index >= 15 is 0 Å². The van der Waals surface area contributed by atoms with Crippen LogP contribution in [0.25, 0.3) is 0 Å². The lowest BCUT2D eigenvalue weighted by Crippen LogP contribution is -2.10. The van der Waals surface area contributed by atoms with Crippen LogP contribution >= 0.6 is 0 Å². The molecule has 1 aliphatic rings. The van der Waals surface area contributed by atoms with Gasteiger partial charge in [-0.1, -0.05) is 0 Å². The van der Waals surface area contributed by atoms with E-state index in [9.17, 15) is 5.11 Å². The minimum atomic E-state index is 0.0931. The van der Waals surface area contributed by atoms with E-state index in [0.717, 1.165) is 12.2 Å². The van der Waals surface area contributed by atoms with Gasteiger partial charge in [-0.25, -0.2) is 4.42 Å². The predicted octanol–water partition coefficient (Wildman–Crippen LogP) is 0.107. The minimum absolute atomic E-state index is 0.0931. The Balaban J connectivity index is 2.65. The predicted molar refractivity (Wildman–Crippen MR) is 28.0 cm³/mol. The molecule has 2 nitrogen and oxygen atoms in total. The molecule has 0 N–H and O–H groups in total. The van der Waals surface area contributed by atoms with E-state index in [-0.39, 0.29) is 5.76 Å². The molecule has 0 aromatic carbocycles. The lowest BCUT2D eigenvalue weighted by atomic mass is 10.2. The molecule has 0 aromatic heterocycles. The first-order chi connectivity index (χ1) is 3.79. The molecule has 0 atom stereocenters. The summed E-state index contributed by atoms with van der Waals surface area (Å²) in [6.45, 7) is 1.88. The number of carbonyl (C=O) groups excluding carboxylic acids is 1. The summed E-state index contributed by atoms with van der Waals surface area (Å²) in [6.07, 6.45) is 2.68. The van der Waals surface area contributed by atoms with Crippen molar-refractivity contribution in [1.82, 2.24) is 0 Å². The fourth-order valence-corrected chi connectivity index (χ4v) is 0.583. The molecule has 0 fully saturated rings. The van der Waals surface area contributed by atoms with Crippen molar-refractivity contribution < 1.29 is 9.53 Å². The molecule has 0 aromatic rings. The first-order valence-electron chi connectivity index (χ1n) is 2.64. The van der Waals surface area contributed by atoms with Gasteiger partial charge in [-0.3, -0.25) is 0 Å². The fraction of sp³-hybridized carbons (Fsp3) is 0.500. The third-order valence-corrected chi connectivity index (χ3v) is 1.12. The summed E-state index contributed by atoms with van der Waals surface area (Å²) in [5.74, 6) is 1.03. The molecule has 0 saturated heterocycles. The SMILES string of the molecule is CC1=[O+]C=C([O-])CC1.